The highest BCUT2D eigenvalue weighted by Gasteiger charge is 2.08. The predicted molar refractivity (Wildman–Crippen MR) is 79.9 cm³/mol. The molecule has 100 valence electrons. The minimum Gasteiger partial charge on any atom is -0.378 e. The molecule has 0 saturated carbocycles. The van der Waals surface area contributed by atoms with E-state index in [9.17, 15) is 4.79 Å². The van der Waals surface area contributed by atoms with Crippen molar-refractivity contribution < 1.29 is 4.79 Å². The van der Waals surface area contributed by atoms with Gasteiger partial charge >= 0.3 is 0 Å². The Hall–Kier alpha value is -2.60. The van der Waals surface area contributed by atoms with Crippen LogP contribution in [0.25, 0.3) is 0 Å². The maximum atomic E-state index is 12.2. The maximum Gasteiger partial charge on any atom is 0.182 e. The number of hydrogen-bond donors (Lipinski definition) is 1. The molecule has 0 unspecified atom stereocenters. The average molecular weight is 264 g/mol. The molecule has 0 spiro atoms. The fraction of sp³-hybridized carbons (Fsp3) is 0.176. The summed E-state index contributed by atoms with van der Waals surface area (Å²) in [5.74, 6) is 0.0462. The molecule has 0 aliphatic heterocycles. The van der Waals surface area contributed by atoms with Crippen molar-refractivity contribution in [1.29, 1.82) is 5.26 Å². The van der Waals surface area contributed by atoms with Crippen LogP contribution in [0.2, 0.25) is 0 Å². The molecule has 0 heterocycles. The quantitative estimate of drug-likeness (QED) is 0.860. The molecule has 0 aliphatic carbocycles. The Bertz CT molecular complexity index is 684. The van der Waals surface area contributed by atoms with Gasteiger partial charge in [-0.15, -0.1) is 0 Å². The van der Waals surface area contributed by atoms with E-state index in [4.69, 9.17) is 5.26 Å². The van der Waals surface area contributed by atoms with Crippen LogP contribution in [0.15, 0.2) is 42.5 Å². The summed E-state index contributed by atoms with van der Waals surface area (Å²) in [4.78, 5) is 12.2. The molecular weight excluding hydrogens is 248 g/mol. The molecule has 0 atom stereocenters. The molecule has 2 aromatic rings. The second-order valence-corrected chi connectivity index (χ2v) is 4.79. The lowest BCUT2D eigenvalue weighted by Crippen LogP contribution is -2.15. The molecule has 0 radical (unpaired) electrons. The van der Waals surface area contributed by atoms with E-state index in [1.54, 1.807) is 18.2 Å². The Balaban J connectivity index is 2.07. The van der Waals surface area contributed by atoms with Crippen molar-refractivity contribution in [1.82, 2.24) is 0 Å². The molecule has 3 nitrogen and oxygen atoms in total. The molecule has 0 fully saturated rings. The Morgan fingerprint density at radius 3 is 2.70 bits per heavy atom. The molecular formula is C17H16N2O. The number of nitriles is 1. The summed E-state index contributed by atoms with van der Waals surface area (Å²) in [5, 5.41) is 11.9. The van der Waals surface area contributed by atoms with E-state index in [1.807, 2.05) is 38.1 Å². The number of benzene rings is 2. The molecule has 0 aliphatic rings. The number of nitrogens with zero attached hydrogens (tertiary/aromatic N) is 1. The van der Waals surface area contributed by atoms with Gasteiger partial charge in [-0.2, -0.15) is 5.26 Å². The standard InChI is InChI=1S/C17H16N2O/c1-12-6-7-16(13(2)8-12)17(20)11-19-15-5-3-4-14(9-15)10-18/h3-9,19H,11H2,1-2H3. The highest BCUT2D eigenvalue weighted by atomic mass is 16.1. The SMILES string of the molecule is Cc1ccc(C(=O)CNc2cccc(C#N)c2)c(C)c1. The largest absolute Gasteiger partial charge is 0.378 e. The summed E-state index contributed by atoms with van der Waals surface area (Å²) in [5.41, 5.74) is 4.23. The van der Waals surface area contributed by atoms with Crippen molar-refractivity contribution in [3.63, 3.8) is 0 Å². The Labute approximate surface area is 118 Å². The molecule has 0 amide bonds. The van der Waals surface area contributed by atoms with Crippen LogP contribution in [0, 0.1) is 25.2 Å². The van der Waals surface area contributed by atoms with E-state index in [-0.39, 0.29) is 12.3 Å². The molecule has 0 saturated heterocycles. The van der Waals surface area contributed by atoms with Gasteiger partial charge in [-0.25, -0.2) is 0 Å². The van der Waals surface area contributed by atoms with Crippen molar-refractivity contribution in [3.05, 3.63) is 64.7 Å². The van der Waals surface area contributed by atoms with E-state index in [0.717, 1.165) is 22.4 Å². The molecule has 2 rings (SSSR count). The highest BCUT2D eigenvalue weighted by molar-refractivity contribution is 6.00. The second kappa shape index (κ2) is 6.03. The summed E-state index contributed by atoms with van der Waals surface area (Å²) in [6.07, 6.45) is 0. The normalized spacial score (nSPS) is 9.85. The number of hydrogen-bond acceptors (Lipinski definition) is 3. The number of aryl methyl sites for hydroxylation is 2. The molecule has 2 aromatic carbocycles. The van der Waals surface area contributed by atoms with E-state index in [0.29, 0.717) is 5.56 Å². The van der Waals surface area contributed by atoms with Crippen LogP contribution in [0.5, 0.6) is 0 Å². The van der Waals surface area contributed by atoms with Gasteiger partial charge in [0.25, 0.3) is 0 Å². The first-order valence-corrected chi connectivity index (χ1v) is 6.44. The molecule has 0 bridgehead atoms. The molecule has 3 heteroatoms. The van der Waals surface area contributed by atoms with E-state index < -0.39 is 0 Å². The van der Waals surface area contributed by atoms with Crippen LogP contribution in [0.3, 0.4) is 0 Å². The van der Waals surface area contributed by atoms with E-state index in [1.165, 1.54) is 0 Å². The Morgan fingerprint density at radius 2 is 2.00 bits per heavy atom. The Kier molecular flexibility index (Phi) is 4.17. The zero-order valence-electron chi connectivity index (χ0n) is 11.6. The monoisotopic (exact) mass is 264 g/mol. The second-order valence-electron chi connectivity index (χ2n) is 4.79. The third-order valence-electron chi connectivity index (χ3n) is 3.13. The molecule has 20 heavy (non-hydrogen) atoms. The third kappa shape index (κ3) is 3.24. The van der Waals surface area contributed by atoms with Crippen LogP contribution < -0.4 is 5.32 Å². The van der Waals surface area contributed by atoms with Crippen molar-refractivity contribution in [2.24, 2.45) is 0 Å². The number of nitrogens with one attached hydrogen (secondary N) is 1. The fourth-order valence-corrected chi connectivity index (χ4v) is 2.10. The van der Waals surface area contributed by atoms with Crippen LogP contribution in [0.1, 0.15) is 27.0 Å². The summed E-state index contributed by atoms with van der Waals surface area (Å²) in [6, 6.07) is 15.0. The lowest BCUT2D eigenvalue weighted by molar-refractivity contribution is 0.101. The van der Waals surface area contributed by atoms with Gasteiger partial charge in [-0.3, -0.25) is 4.79 Å². The van der Waals surface area contributed by atoms with Crippen LogP contribution >= 0.6 is 0 Å². The van der Waals surface area contributed by atoms with Gasteiger partial charge in [-0.05, 0) is 37.6 Å². The van der Waals surface area contributed by atoms with Gasteiger partial charge in [0, 0.05) is 11.3 Å². The van der Waals surface area contributed by atoms with Gasteiger partial charge in [0.2, 0.25) is 0 Å². The Morgan fingerprint density at radius 1 is 1.20 bits per heavy atom. The van der Waals surface area contributed by atoms with Gasteiger partial charge in [0.1, 0.15) is 0 Å². The number of ketones is 1. The average Bonchev–Trinajstić information content (AvgIpc) is 2.45. The maximum absolute atomic E-state index is 12.2. The third-order valence-corrected chi connectivity index (χ3v) is 3.13. The van der Waals surface area contributed by atoms with Crippen molar-refractivity contribution in [3.8, 4) is 6.07 Å². The summed E-state index contributed by atoms with van der Waals surface area (Å²) < 4.78 is 0. The highest BCUT2D eigenvalue weighted by Crippen LogP contribution is 2.13. The van der Waals surface area contributed by atoms with Gasteiger partial charge in [0.05, 0.1) is 18.2 Å². The first-order chi connectivity index (χ1) is 9.60. The lowest BCUT2D eigenvalue weighted by atomic mass is 10.0. The van der Waals surface area contributed by atoms with Crippen molar-refractivity contribution >= 4 is 11.5 Å². The van der Waals surface area contributed by atoms with Gasteiger partial charge < -0.3 is 5.32 Å². The van der Waals surface area contributed by atoms with Crippen molar-refractivity contribution in [2.75, 3.05) is 11.9 Å². The first kappa shape index (κ1) is 13.8. The van der Waals surface area contributed by atoms with Crippen LogP contribution in [-0.2, 0) is 0 Å². The summed E-state index contributed by atoms with van der Waals surface area (Å²) in [7, 11) is 0. The van der Waals surface area contributed by atoms with Gasteiger partial charge in [-0.1, -0.05) is 29.8 Å². The number of rotatable bonds is 4. The predicted octanol–water partition coefficient (Wildman–Crippen LogP) is 3.47. The van der Waals surface area contributed by atoms with Gasteiger partial charge in [0.15, 0.2) is 5.78 Å². The van der Waals surface area contributed by atoms with E-state index >= 15 is 0 Å². The lowest BCUT2D eigenvalue weighted by Gasteiger charge is -2.08. The minimum absolute atomic E-state index is 0.0462. The number of carbonyl (C=O) groups is 1. The smallest absolute Gasteiger partial charge is 0.182 e. The van der Waals surface area contributed by atoms with Crippen LogP contribution in [0.4, 0.5) is 5.69 Å². The zero-order chi connectivity index (χ0) is 14.5. The number of carbonyl (C=O) groups excluding carboxylic acids is 1. The number of Topliss-reactive ketones (excluding diaryl/α,β-unsaturated/α-hetero) is 1. The fourth-order valence-electron chi connectivity index (χ4n) is 2.10. The van der Waals surface area contributed by atoms with E-state index in [2.05, 4.69) is 11.4 Å². The molecule has 1 N–H and O–H groups in total. The zero-order valence-corrected chi connectivity index (χ0v) is 11.6. The van der Waals surface area contributed by atoms with Crippen molar-refractivity contribution in [2.45, 2.75) is 13.8 Å². The minimum atomic E-state index is 0.0462. The topological polar surface area (TPSA) is 52.9 Å². The molecule has 0 aromatic heterocycles. The summed E-state index contributed by atoms with van der Waals surface area (Å²) >= 11 is 0. The first-order valence-electron chi connectivity index (χ1n) is 6.44. The van der Waals surface area contributed by atoms with Crippen LogP contribution in [-0.4, -0.2) is 12.3 Å². The number of anilines is 1. The summed E-state index contributed by atoms with van der Waals surface area (Å²) in [6.45, 7) is 4.17.